The highest BCUT2D eigenvalue weighted by molar-refractivity contribution is 9.10. The number of methoxy groups -OCH3 is 1. The average Bonchev–Trinajstić information content (AvgIpc) is 3.69. The fourth-order valence-corrected chi connectivity index (χ4v) is 8.56. The van der Waals surface area contributed by atoms with Crippen LogP contribution >= 0.6 is 27.3 Å². The summed E-state index contributed by atoms with van der Waals surface area (Å²) >= 11 is 5.29. The number of thiophene rings is 1. The van der Waals surface area contributed by atoms with Gasteiger partial charge < -0.3 is 22.3 Å². The van der Waals surface area contributed by atoms with Crippen LogP contribution in [-0.4, -0.2) is 34.6 Å². The molecule has 9 heteroatoms. The van der Waals surface area contributed by atoms with Gasteiger partial charge in [0.2, 0.25) is 5.82 Å². The Balaban J connectivity index is 1.50. The third-order valence-electron chi connectivity index (χ3n) is 8.54. The highest BCUT2D eigenvalue weighted by Crippen LogP contribution is 2.53. The molecule has 0 unspecified atom stereocenters. The number of benzene rings is 3. The molecule has 212 valence electrons. The van der Waals surface area contributed by atoms with Crippen molar-refractivity contribution in [1.29, 1.82) is 0 Å². The summed E-state index contributed by atoms with van der Waals surface area (Å²) in [4.78, 5) is 7.01. The zero-order valence-corrected chi connectivity index (χ0v) is 25.8. The molecule has 0 fully saturated rings. The van der Waals surface area contributed by atoms with E-state index in [1.807, 2.05) is 97.9 Å². The van der Waals surface area contributed by atoms with Crippen molar-refractivity contribution in [3.63, 3.8) is 0 Å². The number of aliphatic imine (C=N–C) groups is 1. The van der Waals surface area contributed by atoms with Gasteiger partial charge in [0, 0.05) is 26.6 Å². The van der Waals surface area contributed by atoms with Crippen molar-refractivity contribution in [3.05, 3.63) is 123 Å². The number of rotatable bonds is 4. The van der Waals surface area contributed by atoms with E-state index in [2.05, 4.69) is 15.9 Å². The highest BCUT2D eigenvalue weighted by atomic mass is 79.9. The molecule has 0 atom stereocenters. The molecule has 2 aromatic heterocycles. The van der Waals surface area contributed by atoms with Gasteiger partial charge in [-0.05, 0) is 87.7 Å². The second-order valence-corrected chi connectivity index (χ2v) is 13.1. The number of amidine groups is 1. The lowest BCUT2D eigenvalue weighted by atomic mass is 9.83. The Bertz CT molecular complexity index is 2060. The van der Waals surface area contributed by atoms with E-state index in [1.54, 1.807) is 7.11 Å². The molecule has 4 heterocycles. The first-order chi connectivity index (χ1) is 20.9. The number of aromatic nitrogens is 1. The predicted octanol–water partition coefficient (Wildman–Crippen LogP) is 9.14. The number of hydrogen-bond acceptors (Lipinski definition) is 3. The van der Waals surface area contributed by atoms with E-state index in [4.69, 9.17) is 9.73 Å². The monoisotopic (exact) mass is 651 g/mol. The standard InChI is InChI=1S/C34H25BBrF2N3OS/c1-20-13-18-27(43-20)32-30(36)29(22-11-7-4-8-12-22)34-39-33-28(21-9-5-3-6-10-21)26-16-14-23-19-24(42-2)15-17-25(23)31(26)40(33)35(37,38)41(32)34/h3-13,15,17-19H,14,16H2,1-2H3. The Hall–Kier alpha value is -4.08. The Morgan fingerprint density at radius 3 is 2.33 bits per heavy atom. The number of hydrogen-bond donors (Lipinski definition) is 0. The lowest BCUT2D eigenvalue weighted by Crippen LogP contribution is -2.53. The molecule has 3 aliphatic rings. The molecule has 0 radical (unpaired) electrons. The first-order valence-electron chi connectivity index (χ1n) is 14.2. The van der Waals surface area contributed by atoms with Gasteiger partial charge in [-0.1, -0.05) is 60.7 Å². The van der Waals surface area contributed by atoms with Gasteiger partial charge in [-0.2, -0.15) is 0 Å². The number of ether oxygens (including phenoxy) is 1. The summed E-state index contributed by atoms with van der Waals surface area (Å²) in [5.74, 6) is 1.28. The second kappa shape index (κ2) is 9.72. The van der Waals surface area contributed by atoms with Gasteiger partial charge >= 0.3 is 6.97 Å². The molecule has 2 aliphatic heterocycles. The lowest BCUT2D eigenvalue weighted by Gasteiger charge is -2.32. The lowest BCUT2D eigenvalue weighted by molar-refractivity contribution is -0.291. The van der Waals surface area contributed by atoms with Crippen LogP contribution in [0.1, 0.15) is 28.0 Å². The molecular formula is C34H25BBrF2N3OS. The van der Waals surface area contributed by atoms with Crippen LogP contribution in [0.5, 0.6) is 5.75 Å². The van der Waals surface area contributed by atoms with Crippen LogP contribution < -0.4 is 4.74 Å². The van der Waals surface area contributed by atoms with Crippen LogP contribution in [0.3, 0.4) is 0 Å². The van der Waals surface area contributed by atoms with Gasteiger partial charge in [0.05, 0.1) is 28.4 Å². The van der Waals surface area contributed by atoms with E-state index >= 15 is 8.63 Å². The van der Waals surface area contributed by atoms with Crippen molar-refractivity contribution in [2.75, 3.05) is 7.11 Å². The van der Waals surface area contributed by atoms with Crippen molar-refractivity contribution < 1.29 is 17.9 Å². The third kappa shape index (κ3) is 3.84. The summed E-state index contributed by atoms with van der Waals surface area (Å²) in [6.45, 7) is -2.39. The predicted molar refractivity (Wildman–Crippen MR) is 175 cm³/mol. The van der Waals surface area contributed by atoms with Crippen molar-refractivity contribution in [2.45, 2.75) is 19.8 Å². The second-order valence-electron chi connectivity index (χ2n) is 11.0. The van der Waals surface area contributed by atoms with E-state index in [-0.39, 0.29) is 5.82 Å². The number of nitrogens with zero attached hydrogens (tertiary/aromatic N) is 3. The minimum atomic E-state index is -4.38. The summed E-state index contributed by atoms with van der Waals surface area (Å²) in [5, 5.41) is 0. The zero-order chi connectivity index (χ0) is 29.5. The highest BCUT2D eigenvalue weighted by Gasteiger charge is 2.56. The topological polar surface area (TPSA) is 29.5 Å². The van der Waals surface area contributed by atoms with Gasteiger partial charge in [-0.3, -0.25) is 0 Å². The largest absolute Gasteiger partial charge is 0.642 e. The van der Waals surface area contributed by atoms with Gasteiger partial charge in [-0.15, -0.1) is 11.3 Å². The summed E-state index contributed by atoms with van der Waals surface area (Å²) in [5.41, 5.74) is 6.84. The number of allylic oxidation sites excluding steroid dienone is 1. The first-order valence-corrected chi connectivity index (χ1v) is 15.8. The van der Waals surface area contributed by atoms with Crippen molar-refractivity contribution in [1.82, 2.24) is 4.48 Å². The molecule has 43 heavy (non-hydrogen) atoms. The zero-order valence-electron chi connectivity index (χ0n) is 23.4. The van der Waals surface area contributed by atoms with E-state index in [1.165, 1.54) is 20.3 Å². The Labute approximate surface area is 260 Å². The van der Waals surface area contributed by atoms with Gasteiger partial charge in [0.25, 0.3) is 5.84 Å². The normalized spacial score (nSPS) is 16.4. The number of halogens is 3. The summed E-state index contributed by atoms with van der Waals surface area (Å²) in [7, 11) is 1.63. The Morgan fingerprint density at radius 2 is 1.65 bits per heavy atom. The maximum Gasteiger partial charge on any atom is 0.642 e. The van der Waals surface area contributed by atoms with E-state index in [0.29, 0.717) is 33.7 Å². The van der Waals surface area contributed by atoms with Crippen molar-refractivity contribution in [2.24, 2.45) is 4.99 Å². The Kier molecular flexibility index (Phi) is 6.00. The van der Waals surface area contributed by atoms with Crippen LogP contribution in [0.2, 0.25) is 0 Å². The molecule has 4 nitrogen and oxygen atoms in total. The molecule has 1 aliphatic carbocycles. The summed E-state index contributed by atoms with van der Waals surface area (Å²) in [6.07, 6.45) is 1.36. The molecule has 0 spiro atoms. The van der Waals surface area contributed by atoms with Crippen LogP contribution in [0, 0.1) is 6.92 Å². The van der Waals surface area contributed by atoms with Crippen LogP contribution in [-0.2, 0) is 6.42 Å². The molecular weight excluding hydrogens is 627 g/mol. The Morgan fingerprint density at radius 1 is 0.930 bits per heavy atom. The van der Waals surface area contributed by atoms with Gasteiger partial charge in [-0.25, -0.2) is 0 Å². The summed E-state index contributed by atoms with van der Waals surface area (Å²) in [6, 6.07) is 29.1. The number of aryl methyl sites for hydroxylation is 2. The molecule has 0 bridgehead atoms. The minimum absolute atomic E-state index is 0.263. The minimum Gasteiger partial charge on any atom is -0.497 e. The van der Waals surface area contributed by atoms with Crippen LogP contribution in [0.25, 0.3) is 27.3 Å². The van der Waals surface area contributed by atoms with Crippen molar-refractivity contribution in [3.8, 4) is 27.4 Å². The molecule has 0 saturated carbocycles. The molecule has 0 saturated heterocycles. The molecule has 8 rings (SSSR count). The SMILES string of the molecule is COc1ccc2c(c1)CCC1=C(c3ccccc3)C3=Nc4c(-c5ccccc5)c(Br)c(-c5ccc(C)s5)n4[B-](F)(F)[N+]3=C12. The van der Waals surface area contributed by atoms with E-state index in [0.717, 1.165) is 55.3 Å². The average molecular weight is 652 g/mol. The number of fused-ring (bicyclic) bond motifs is 5. The summed E-state index contributed by atoms with van der Waals surface area (Å²) < 4.78 is 43.9. The van der Waals surface area contributed by atoms with Gasteiger partial charge in [0.1, 0.15) is 5.75 Å². The molecule has 0 N–H and O–H groups in total. The van der Waals surface area contributed by atoms with Crippen molar-refractivity contribution >= 4 is 57.2 Å². The first kappa shape index (κ1) is 26.5. The molecule has 5 aromatic rings. The smallest absolute Gasteiger partial charge is 0.497 e. The molecule has 3 aromatic carbocycles. The van der Waals surface area contributed by atoms with Crippen LogP contribution in [0.15, 0.2) is 106 Å². The maximum atomic E-state index is 17.7. The fourth-order valence-electron chi connectivity index (χ4n) is 6.70. The third-order valence-corrected chi connectivity index (χ3v) is 10.3. The van der Waals surface area contributed by atoms with E-state index in [9.17, 15) is 0 Å². The van der Waals surface area contributed by atoms with Gasteiger partial charge in [0.15, 0.2) is 0 Å². The van der Waals surface area contributed by atoms with Crippen LogP contribution in [0.4, 0.5) is 14.4 Å². The molecule has 0 amide bonds. The van der Waals surface area contributed by atoms with E-state index < -0.39 is 6.97 Å². The fraction of sp³-hybridized carbons (Fsp3) is 0.118. The quantitative estimate of drug-likeness (QED) is 0.178. The maximum absolute atomic E-state index is 17.7.